The molecule has 0 atom stereocenters. The Morgan fingerprint density at radius 3 is 2.88 bits per heavy atom. The molecule has 5 heteroatoms. The molecule has 2 N–H and O–H groups in total. The fourth-order valence-electron chi connectivity index (χ4n) is 1.79. The summed E-state index contributed by atoms with van der Waals surface area (Å²) in [5.74, 6) is 1.71. The first-order chi connectivity index (χ1) is 7.67. The highest BCUT2D eigenvalue weighted by Crippen LogP contribution is 2.24. The third-order valence-corrected chi connectivity index (χ3v) is 3.09. The topological polar surface area (TPSA) is 58.0 Å². The molecule has 0 spiro atoms. The van der Waals surface area contributed by atoms with Gasteiger partial charge in [-0.2, -0.15) is 0 Å². The lowest BCUT2D eigenvalue weighted by Gasteiger charge is -2.32. The van der Waals surface area contributed by atoms with Crippen molar-refractivity contribution in [2.45, 2.75) is 44.8 Å². The number of aromatic nitrogens is 2. The first-order valence-electron chi connectivity index (χ1n) is 5.65. The van der Waals surface area contributed by atoms with E-state index in [-0.39, 0.29) is 6.10 Å². The van der Waals surface area contributed by atoms with Gasteiger partial charge in [-0.25, -0.2) is 9.97 Å². The molecule has 1 aromatic rings. The van der Waals surface area contributed by atoms with Crippen LogP contribution < -0.4 is 5.32 Å². The molecule has 1 aromatic heterocycles. The van der Waals surface area contributed by atoms with Crippen LogP contribution in [0.5, 0.6) is 0 Å². The first-order valence-corrected chi connectivity index (χ1v) is 6.44. The fourth-order valence-corrected chi connectivity index (χ4v) is 2.21. The zero-order chi connectivity index (χ0) is 11.5. The zero-order valence-electron chi connectivity index (χ0n) is 9.28. The predicted molar refractivity (Wildman–Crippen MR) is 66.4 cm³/mol. The first kappa shape index (κ1) is 11.8. The number of nitrogens with zero attached hydrogens (tertiary/aromatic N) is 2. The Hall–Kier alpha value is -0.680. The summed E-state index contributed by atoms with van der Waals surface area (Å²) in [5, 5.41) is 12.5. The summed E-state index contributed by atoms with van der Waals surface area (Å²) < 4.78 is 0.813. The summed E-state index contributed by atoms with van der Waals surface area (Å²) in [6.07, 6.45) is 3.41. The number of rotatable bonds is 4. The molecule has 1 fully saturated rings. The summed E-state index contributed by atoms with van der Waals surface area (Å²) in [5.41, 5.74) is 0. The third kappa shape index (κ3) is 2.92. The Morgan fingerprint density at radius 2 is 2.25 bits per heavy atom. The maximum Gasteiger partial charge on any atom is 0.132 e. The lowest BCUT2D eigenvalue weighted by Crippen LogP contribution is -2.39. The number of aliphatic hydroxyl groups is 1. The largest absolute Gasteiger partial charge is 0.393 e. The van der Waals surface area contributed by atoms with Crippen molar-refractivity contribution in [3.63, 3.8) is 0 Å². The minimum Gasteiger partial charge on any atom is -0.393 e. The Balaban J connectivity index is 2.02. The highest BCUT2D eigenvalue weighted by molar-refractivity contribution is 9.10. The quantitative estimate of drug-likeness (QED) is 0.832. The molecule has 1 saturated carbocycles. The van der Waals surface area contributed by atoms with Crippen LogP contribution in [-0.2, 0) is 6.42 Å². The molecule has 0 radical (unpaired) electrons. The summed E-state index contributed by atoms with van der Waals surface area (Å²) in [7, 11) is 0. The lowest BCUT2D eigenvalue weighted by atomic mass is 9.89. The smallest absolute Gasteiger partial charge is 0.132 e. The molecule has 1 heterocycles. The van der Waals surface area contributed by atoms with E-state index in [2.05, 4.69) is 38.1 Å². The van der Waals surface area contributed by atoms with Gasteiger partial charge in [0, 0.05) is 18.5 Å². The molecule has 0 aromatic carbocycles. The van der Waals surface area contributed by atoms with E-state index in [0.717, 1.165) is 41.9 Å². The molecular formula is C11H16BrN3O. The number of aliphatic hydroxyl groups excluding tert-OH is 1. The van der Waals surface area contributed by atoms with E-state index in [0.29, 0.717) is 6.04 Å². The van der Waals surface area contributed by atoms with Gasteiger partial charge >= 0.3 is 0 Å². The minimum absolute atomic E-state index is 0.141. The number of aryl methyl sites for hydroxylation is 1. The van der Waals surface area contributed by atoms with Crippen LogP contribution in [0.15, 0.2) is 10.7 Å². The van der Waals surface area contributed by atoms with Crippen molar-refractivity contribution in [1.82, 2.24) is 9.97 Å². The lowest BCUT2D eigenvalue weighted by molar-refractivity contribution is 0.0835. The third-order valence-electron chi connectivity index (χ3n) is 2.68. The summed E-state index contributed by atoms with van der Waals surface area (Å²) >= 11 is 3.38. The Labute approximate surface area is 104 Å². The summed E-state index contributed by atoms with van der Waals surface area (Å²) in [4.78, 5) is 8.74. The normalized spacial score (nSPS) is 23.9. The van der Waals surface area contributed by atoms with Crippen molar-refractivity contribution < 1.29 is 5.11 Å². The van der Waals surface area contributed by atoms with Crippen molar-refractivity contribution in [2.24, 2.45) is 0 Å². The van der Waals surface area contributed by atoms with Crippen molar-refractivity contribution in [2.75, 3.05) is 5.32 Å². The van der Waals surface area contributed by atoms with Gasteiger partial charge in [0.05, 0.1) is 6.10 Å². The van der Waals surface area contributed by atoms with Gasteiger partial charge in [-0.3, -0.25) is 0 Å². The Bertz CT molecular complexity index is 366. The van der Waals surface area contributed by atoms with Gasteiger partial charge < -0.3 is 10.4 Å². The number of anilines is 1. The molecule has 0 saturated heterocycles. The van der Waals surface area contributed by atoms with E-state index in [1.165, 1.54) is 0 Å². The second kappa shape index (κ2) is 5.10. The average Bonchev–Trinajstić information content (AvgIpc) is 2.15. The molecular weight excluding hydrogens is 270 g/mol. The van der Waals surface area contributed by atoms with Crippen LogP contribution in [0.1, 0.15) is 32.0 Å². The van der Waals surface area contributed by atoms with Crippen LogP contribution >= 0.6 is 15.9 Å². The van der Waals surface area contributed by atoms with E-state index in [4.69, 9.17) is 0 Å². The monoisotopic (exact) mass is 285 g/mol. The second-order valence-electron chi connectivity index (χ2n) is 4.21. The maximum absolute atomic E-state index is 9.21. The Kier molecular flexibility index (Phi) is 3.76. The highest BCUT2D eigenvalue weighted by Gasteiger charge is 2.27. The predicted octanol–water partition coefficient (Wildman–Crippen LogP) is 2.13. The van der Waals surface area contributed by atoms with Crippen LogP contribution in [0.25, 0.3) is 0 Å². The number of halogens is 1. The highest BCUT2D eigenvalue weighted by atomic mass is 79.9. The van der Waals surface area contributed by atoms with Gasteiger partial charge in [-0.1, -0.05) is 6.92 Å². The van der Waals surface area contributed by atoms with Gasteiger partial charge in [0.25, 0.3) is 0 Å². The van der Waals surface area contributed by atoms with Gasteiger partial charge in [-0.05, 0) is 35.2 Å². The Morgan fingerprint density at radius 1 is 1.50 bits per heavy atom. The van der Waals surface area contributed by atoms with E-state index >= 15 is 0 Å². The zero-order valence-corrected chi connectivity index (χ0v) is 10.9. The number of nitrogens with one attached hydrogen (secondary N) is 1. The van der Waals surface area contributed by atoms with Crippen LogP contribution in [0.3, 0.4) is 0 Å². The number of hydrogen-bond donors (Lipinski definition) is 2. The van der Waals surface area contributed by atoms with E-state index in [9.17, 15) is 5.11 Å². The number of hydrogen-bond acceptors (Lipinski definition) is 4. The van der Waals surface area contributed by atoms with Crippen molar-refractivity contribution >= 4 is 21.7 Å². The molecule has 1 aliphatic rings. The van der Waals surface area contributed by atoms with Gasteiger partial charge in [0.2, 0.25) is 0 Å². The van der Waals surface area contributed by atoms with Crippen LogP contribution in [0.2, 0.25) is 0 Å². The molecule has 4 nitrogen and oxygen atoms in total. The van der Waals surface area contributed by atoms with Gasteiger partial charge in [-0.15, -0.1) is 0 Å². The van der Waals surface area contributed by atoms with Crippen molar-refractivity contribution in [3.8, 4) is 0 Å². The van der Waals surface area contributed by atoms with E-state index in [1.54, 1.807) is 0 Å². The molecule has 16 heavy (non-hydrogen) atoms. The van der Waals surface area contributed by atoms with Crippen molar-refractivity contribution in [1.29, 1.82) is 0 Å². The average molecular weight is 286 g/mol. The van der Waals surface area contributed by atoms with Crippen LogP contribution in [0, 0.1) is 0 Å². The molecule has 0 unspecified atom stereocenters. The van der Waals surface area contributed by atoms with Gasteiger partial charge in [0.1, 0.15) is 16.2 Å². The maximum atomic E-state index is 9.21. The molecule has 88 valence electrons. The van der Waals surface area contributed by atoms with Crippen LogP contribution in [-0.4, -0.2) is 27.2 Å². The molecule has 0 amide bonds. The van der Waals surface area contributed by atoms with Crippen molar-refractivity contribution in [3.05, 3.63) is 16.5 Å². The van der Waals surface area contributed by atoms with E-state index in [1.807, 2.05) is 6.07 Å². The fraction of sp³-hybridized carbons (Fsp3) is 0.636. The van der Waals surface area contributed by atoms with Crippen LogP contribution in [0.4, 0.5) is 5.82 Å². The molecule has 0 aliphatic heterocycles. The molecule has 0 bridgehead atoms. The molecule has 1 aliphatic carbocycles. The summed E-state index contributed by atoms with van der Waals surface area (Å²) in [6.45, 7) is 2.11. The standard InChI is InChI=1S/C11H16BrN3O/c1-2-3-10-14-9(12)6-11(15-10)13-7-4-8(16)5-7/h6-8,16H,2-5H2,1H3,(H,13,14,15). The van der Waals surface area contributed by atoms with E-state index < -0.39 is 0 Å². The molecule has 2 rings (SSSR count). The second-order valence-corrected chi connectivity index (χ2v) is 5.02. The SMILES string of the molecule is CCCc1nc(Br)cc(NC2CC(O)C2)n1. The summed E-state index contributed by atoms with van der Waals surface area (Å²) in [6, 6.07) is 2.23. The van der Waals surface area contributed by atoms with Gasteiger partial charge in [0.15, 0.2) is 0 Å². The minimum atomic E-state index is -0.141.